The zero-order chi connectivity index (χ0) is 21.1. The lowest BCUT2D eigenvalue weighted by atomic mass is 9.92. The minimum Gasteiger partial charge on any atom is -0.453 e. The third-order valence-corrected chi connectivity index (χ3v) is 4.78. The van der Waals surface area contributed by atoms with Crippen LogP contribution in [0.25, 0.3) is 0 Å². The van der Waals surface area contributed by atoms with Crippen molar-refractivity contribution in [1.29, 1.82) is 0 Å². The first kappa shape index (κ1) is 21.1. The number of carbonyl (C=O) groups is 1. The number of ether oxygens (including phenoxy) is 3. The van der Waals surface area contributed by atoms with Gasteiger partial charge in [0.1, 0.15) is 18.3 Å². The molecule has 0 N–H and O–H groups in total. The van der Waals surface area contributed by atoms with E-state index < -0.39 is 30.0 Å². The third kappa shape index (κ3) is 4.06. The van der Waals surface area contributed by atoms with Crippen molar-refractivity contribution >= 4 is 5.97 Å². The van der Waals surface area contributed by atoms with Crippen LogP contribution >= 0.6 is 0 Å². The number of benzene rings is 2. The first-order chi connectivity index (χ1) is 13.8. The van der Waals surface area contributed by atoms with E-state index in [0.717, 1.165) is 12.7 Å². The molecular weight excluding hydrogens is 385 g/mol. The summed E-state index contributed by atoms with van der Waals surface area (Å²) >= 11 is 0. The Hall–Kier alpha value is -2.64. The molecule has 29 heavy (non-hydrogen) atoms. The SMILES string of the molecule is C/C=C/[C@@H](OC(=O)[C@@](OC)(c1ccccc1)C(F)(F)F)[C@H]1O[C@@H]1c1ccccc1. The van der Waals surface area contributed by atoms with Crippen molar-refractivity contribution in [3.63, 3.8) is 0 Å². The summed E-state index contributed by atoms with van der Waals surface area (Å²) in [5, 5.41) is 0. The van der Waals surface area contributed by atoms with Gasteiger partial charge in [0.2, 0.25) is 0 Å². The number of hydrogen-bond donors (Lipinski definition) is 0. The smallest absolute Gasteiger partial charge is 0.432 e. The Bertz CT molecular complexity index is 851. The van der Waals surface area contributed by atoms with E-state index in [4.69, 9.17) is 14.2 Å². The highest BCUT2D eigenvalue weighted by molar-refractivity contribution is 5.83. The minimum atomic E-state index is -5.02. The molecule has 0 aliphatic carbocycles. The van der Waals surface area contributed by atoms with Crippen LogP contribution in [0.4, 0.5) is 13.2 Å². The second kappa shape index (κ2) is 8.39. The number of hydrogen-bond acceptors (Lipinski definition) is 4. The molecule has 4 atom stereocenters. The van der Waals surface area contributed by atoms with Crippen molar-refractivity contribution in [2.24, 2.45) is 0 Å². The number of alkyl halides is 3. The van der Waals surface area contributed by atoms with Crippen LogP contribution in [0.15, 0.2) is 72.8 Å². The van der Waals surface area contributed by atoms with Gasteiger partial charge in [-0.25, -0.2) is 4.79 Å². The Labute approximate surface area is 166 Å². The van der Waals surface area contributed by atoms with Gasteiger partial charge < -0.3 is 14.2 Å². The number of rotatable bonds is 7. The maximum absolute atomic E-state index is 14.0. The summed E-state index contributed by atoms with van der Waals surface area (Å²) < 4.78 is 57.8. The molecule has 3 rings (SSSR count). The number of methoxy groups -OCH3 is 1. The Balaban J connectivity index is 1.88. The van der Waals surface area contributed by atoms with Gasteiger partial charge in [0.25, 0.3) is 5.60 Å². The Morgan fingerprint density at radius 3 is 2.17 bits per heavy atom. The van der Waals surface area contributed by atoms with Crippen LogP contribution in [0.1, 0.15) is 24.2 Å². The average molecular weight is 406 g/mol. The number of halogens is 3. The molecule has 0 spiro atoms. The number of allylic oxidation sites excluding steroid dienone is 1. The lowest BCUT2D eigenvalue weighted by Gasteiger charge is -2.33. The summed E-state index contributed by atoms with van der Waals surface area (Å²) in [6.45, 7) is 1.69. The molecule has 0 aromatic heterocycles. The maximum atomic E-state index is 14.0. The summed E-state index contributed by atoms with van der Waals surface area (Å²) in [4.78, 5) is 12.8. The van der Waals surface area contributed by atoms with Crippen LogP contribution in [-0.2, 0) is 24.6 Å². The first-order valence-electron chi connectivity index (χ1n) is 9.07. The lowest BCUT2D eigenvalue weighted by Crippen LogP contribution is -2.52. The van der Waals surface area contributed by atoms with Gasteiger partial charge in [-0.2, -0.15) is 13.2 Å². The maximum Gasteiger partial charge on any atom is 0.432 e. The standard InChI is InChI=1S/C22H21F3O4/c1-3-10-17(19-18(29-19)15-11-6-4-7-12-15)28-20(26)21(27-2,22(23,24)25)16-13-8-5-9-14-16/h3-14,17-19H,1-2H3/b10-3+/t17-,18-,19-,21+/m1/s1. The Morgan fingerprint density at radius 2 is 1.66 bits per heavy atom. The molecule has 154 valence electrons. The number of carbonyl (C=O) groups excluding carboxylic acids is 1. The molecule has 2 aromatic carbocycles. The molecular formula is C22H21F3O4. The fourth-order valence-electron chi connectivity index (χ4n) is 3.28. The van der Waals surface area contributed by atoms with Gasteiger partial charge in [-0.15, -0.1) is 0 Å². The fourth-order valence-corrected chi connectivity index (χ4v) is 3.28. The highest BCUT2D eigenvalue weighted by atomic mass is 19.4. The van der Waals surface area contributed by atoms with Crippen LogP contribution in [0.2, 0.25) is 0 Å². The van der Waals surface area contributed by atoms with Crippen LogP contribution in [0.3, 0.4) is 0 Å². The molecule has 0 unspecified atom stereocenters. The van der Waals surface area contributed by atoms with Gasteiger partial charge in [0, 0.05) is 12.7 Å². The average Bonchev–Trinajstić information content (AvgIpc) is 3.50. The normalized spacial score (nSPS) is 22.1. The number of esters is 1. The summed E-state index contributed by atoms with van der Waals surface area (Å²) in [6.07, 6.45) is -3.83. The largest absolute Gasteiger partial charge is 0.453 e. The van der Waals surface area contributed by atoms with Gasteiger partial charge in [0.05, 0.1) is 0 Å². The van der Waals surface area contributed by atoms with E-state index in [1.807, 2.05) is 30.3 Å². The van der Waals surface area contributed by atoms with Gasteiger partial charge >= 0.3 is 12.1 Å². The second-order valence-electron chi connectivity index (χ2n) is 6.58. The zero-order valence-corrected chi connectivity index (χ0v) is 15.9. The van der Waals surface area contributed by atoms with Gasteiger partial charge in [-0.1, -0.05) is 66.7 Å². The van der Waals surface area contributed by atoms with E-state index >= 15 is 0 Å². The van der Waals surface area contributed by atoms with Crippen molar-refractivity contribution < 1.29 is 32.2 Å². The zero-order valence-electron chi connectivity index (χ0n) is 15.9. The van der Waals surface area contributed by atoms with Crippen LogP contribution in [-0.4, -0.2) is 31.5 Å². The molecule has 2 aromatic rings. The third-order valence-electron chi connectivity index (χ3n) is 4.78. The van der Waals surface area contributed by atoms with Crippen molar-refractivity contribution in [2.45, 2.75) is 37.0 Å². The van der Waals surface area contributed by atoms with E-state index in [-0.39, 0.29) is 11.7 Å². The van der Waals surface area contributed by atoms with E-state index in [0.29, 0.717) is 0 Å². The van der Waals surface area contributed by atoms with E-state index in [1.165, 1.54) is 30.3 Å². The van der Waals surface area contributed by atoms with Gasteiger partial charge in [-0.05, 0) is 18.6 Å². The van der Waals surface area contributed by atoms with Crippen molar-refractivity contribution in [3.05, 3.63) is 83.9 Å². The number of epoxide rings is 1. The van der Waals surface area contributed by atoms with Gasteiger partial charge in [0.15, 0.2) is 0 Å². The molecule has 1 aliphatic rings. The van der Waals surface area contributed by atoms with Crippen molar-refractivity contribution in [1.82, 2.24) is 0 Å². The molecule has 0 amide bonds. The quantitative estimate of drug-likeness (QED) is 0.379. The summed E-state index contributed by atoms with van der Waals surface area (Å²) in [5.41, 5.74) is -2.72. The van der Waals surface area contributed by atoms with Crippen molar-refractivity contribution in [2.75, 3.05) is 7.11 Å². The van der Waals surface area contributed by atoms with E-state index in [1.54, 1.807) is 19.1 Å². The molecule has 7 heteroatoms. The molecule has 0 bridgehead atoms. The molecule has 0 radical (unpaired) electrons. The second-order valence-corrected chi connectivity index (χ2v) is 6.58. The highest BCUT2D eigenvalue weighted by Gasteiger charge is 2.65. The Morgan fingerprint density at radius 1 is 1.07 bits per heavy atom. The predicted octanol–water partition coefficient (Wildman–Crippen LogP) is 4.72. The van der Waals surface area contributed by atoms with Crippen LogP contribution < -0.4 is 0 Å². The summed E-state index contributed by atoms with van der Waals surface area (Å²) in [6, 6.07) is 15.9. The molecule has 1 fully saturated rings. The van der Waals surface area contributed by atoms with E-state index in [2.05, 4.69) is 0 Å². The van der Waals surface area contributed by atoms with E-state index in [9.17, 15) is 18.0 Å². The predicted molar refractivity (Wildman–Crippen MR) is 99.9 cm³/mol. The molecule has 0 saturated carbocycles. The highest BCUT2D eigenvalue weighted by Crippen LogP contribution is 2.46. The topological polar surface area (TPSA) is 48.1 Å². The Kier molecular flexibility index (Phi) is 6.10. The summed E-state index contributed by atoms with van der Waals surface area (Å²) in [5.74, 6) is -1.54. The molecule has 1 saturated heterocycles. The van der Waals surface area contributed by atoms with Crippen LogP contribution in [0.5, 0.6) is 0 Å². The fraction of sp³-hybridized carbons (Fsp3) is 0.318. The summed E-state index contributed by atoms with van der Waals surface area (Å²) in [7, 11) is 0.840. The van der Waals surface area contributed by atoms with Crippen molar-refractivity contribution in [3.8, 4) is 0 Å². The lowest BCUT2D eigenvalue weighted by molar-refractivity contribution is -0.277. The molecule has 4 nitrogen and oxygen atoms in total. The monoisotopic (exact) mass is 406 g/mol. The molecule has 1 aliphatic heterocycles. The molecule has 1 heterocycles. The minimum absolute atomic E-state index is 0.351. The van der Waals surface area contributed by atoms with Crippen LogP contribution in [0, 0.1) is 0 Å². The van der Waals surface area contributed by atoms with Gasteiger partial charge in [-0.3, -0.25) is 0 Å². The first-order valence-corrected chi connectivity index (χ1v) is 9.07.